The van der Waals surface area contributed by atoms with Gasteiger partial charge in [0.15, 0.2) is 0 Å². The van der Waals surface area contributed by atoms with Crippen LogP contribution in [0.1, 0.15) is 11.1 Å². The molecule has 1 aromatic heterocycles. The van der Waals surface area contributed by atoms with Gasteiger partial charge in [-0.3, -0.25) is 0 Å². The van der Waals surface area contributed by atoms with E-state index in [1.807, 2.05) is 36.4 Å². The number of nitriles is 1. The van der Waals surface area contributed by atoms with Gasteiger partial charge >= 0.3 is 0 Å². The zero-order valence-corrected chi connectivity index (χ0v) is 22.5. The Bertz CT molecular complexity index is 1830. The molecule has 0 bridgehead atoms. The predicted octanol–water partition coefficient (Wildman–Crippen LogP) is 7.25. The number of sulfone groups is 1. The minimum atomic E-state index is -4.11. The van der Waals surface area contributed by atoms with Crippen LogP contribution in [-0.2, 0) is 16.4 Å². The number of ether oxygens (including phenoxy) is 1. The largest absolute Gasteiger partial charge is 0.489 e. The van der Waals surface area contributed by atoms with E-state index in [1.165, 1.54) is 36.4 Å². The van der Waals surface area contributed by atoms with Crippen molar-refractivity contribution in [1.82, 2.24) is 9.78 Å². The maximum atomic E-state index is 13.9. The van der Waals surface area contributed by atoms with Gasteiger partial charge in [0.1, 0.15) is 34.8 Å². The first kappa shape index (κ1) is 26.9. The maximum Gasteiger partial charge on any atom is 0.216 e. The second-order valence-corrected chi connectivity index (χ2v) is 11.0. The number of hydrogen-bond acceptors (Lipinski definition) is 5. The van der Waals surface area contributed by atoms with E-state index >= 15 is 0 Å². The predicted molar refractivity (Wildman–Crippen MR) is 152 cm³/mol. The molecule has 9 heteroatoms. The third-order valence-corrected chi connectivity index (χ3v) is 7.99. The standard InChI is InChI=1S/C31H21ClFN3O3S/c32-25-12-16-28(17-13-25)40(37,38)29(19-34)18-24-20-36(26-7-2-1-3-8-26)35-31(24)22-10-14-27(15-11-22)39-21-23-6-4-5-9-30(23)33/h1-18,20H,21H2. The summed E-state index contributed by atoms with van der Waals surface area (Å²) in [6, 6.07) is 30.2. The Morgan fingerprint density at radius 1 is 0.950 bits per heavy atom. The third kappa shape index (κ3) is 5.81. The summed E-state index contributed by atoms with van der Waals surface area (Å²) in [4.78, 5) is -0.480. The van der Waals surface area contributed by atoms with Crippen LogP contribution in [-0.4, -0.2) is 18.2 Å². The molecule has 198 valence electrons. The van der Waals surface area contributed by atoms with Gasteiger partial charge in [0.25, 0.3) is 0 Å². The van der Waals surface area contributed by atoms with Gasteiger partial charge < -0.3 is 4.74 Å². The van der Waals surface area contributed by atoms with E-state index in [2.05, 4.69) is 0 Å². The first-order valence-corrected chi connectivity index (χ1v) is 14.0. The highest BCUT2D eigenvalue weighted by Crippen LogP contribution is 2.30. The van der Waals surface area contributed by atoms with E-state index < -0.39 is 14.7 Å². The second kappa shape index (κ2) is 11.6. The Morgan fingerprint density at radius 2 is 1.62 bits per heavy atom. The van der Waals surface area contributed by atoms with E-state index in [4.69, 9.17) is 21.4 Å². The summed E-state index contributed by atoms with van der Waals surface area (Å²) in [6.45, 7) is 0.0662. The summed E-state index contributed by atoms with van der Waals surface area (Å²) in [5.74, 6) is 0.179. The molecule has 5 aromatic rings. The first-order valence-electron chi connectivity index (χ1n) is 12.1. The molecule has 1 heterocycles. The normalized spacial score (nSPS) is 11.7. The van der Waals surface area contributed by atoms with Gasteiger partial charge in [0, 0.05) is 27.9 Å². The van der Waals surface area contributed by atoms with Gasteiger partial charge in [-0.2, -0.15) is 10.4 Å². The minimum absolute atomic E-state index is 0.0435. The average molecular weight is 570 g/mol. The number of allylic oxidation sites excluding steroid dienone is 1. The lowest BCUT2D eigenvalue weighted by molar-refractivity contribution is 0.300. The molecule has 0 spiro atoms. The van der Waals surface area contributed by atoms with E-state index in [0.29, 0.717) is 33.2 Å². The number of aromatic nitrogens is 2. The number of rotatable bonds is 8. The molecule has 4 aromatic carbocycles. The smallest absolute Gasteiger partial charge is 0.216 e. The first-order chi connectivity index (χ1) is 19.3. The van der Waals surface area contributed by atoms with Gasteiger partial charge in [-0.05, 0) is 72.8 Å². The van der Waals surface area contributed by atoms with Crippen LogP contribution in [0, 0.1) is 17.1 Å². The van der Waals surface area contributed by atoms with Crippen LogP contribution >= 0.6 is 11.6 Å². The minimum Gasteiger partial charge on any atom is -0.489 e. The Balaban J connectivity index is 1.52. The Morgan fingerprint density at radius 3 is 2.30 bits per heavy atom. The summed E-state index contributed by atoms with van der Waals surface area (Å²) in [7, 11) is -4.11. The van der Waals surface area contributed by atoms with Crippen LogP contribution in [0.15, 0.2) is 119 Å². The summed E-state index contributed by atoms with van der Waals surface area (Å²) >= 11 is 5.91. The number of benzene rings is 4. The second-order valence-electron chi connectivity index (χ2n) is 8.70. The maximum absolute atomic E-state index is 13.9. The van der Waals surface area contributed by atoms with Gasteiger partial charge in [0.05, 0.1) is 10.6 Å². The molecule has 0 aliphatic carbocycles. The molecule has 0 atom stereocenters. The number of hydrogen-bond donors (Lipinski definition) is 0. The van der Waals surface area contributed by atoms with E-state index in [1.54, 1.807) is 53.3 Å². The van der Waals surface area contributed by atoms with Crippen molar-refractivity contribution < 1.29 is 17.5 Å². The molecular weight excluding hydrogens is 549 g/mol. The fourth-order valence-corrected chi connectivity index (χ4v) is 5.24. The quantitative estimate of drug-likeness (QED) is 0.184. The topological polar surface area (TPSA) is 85.0 Å². The van der Waals surface area contributed by atoms with Gasteiger partial charge in [-0.25, -0.2) is 17.5 Å². The van der Waals surface area contributed by atoms with Gasteiger partial charge in [-0.15, -0.1) is 0 Å². The fourth-order valence-electron chi connectivity index (χ4n) is 3.97. The van der Waals surface area contributed by atoms with E-state index in [-0.39, 0.29) is 17.3 Å². The van der Waals surface area contributed by atoms with Crippen LogP contribution < -0.4 is 4.74 Å². The van der Waals surface area contributed by atoms with E-state index in [9.17, 15) is 18.1 Å². The number of halogens is 2. The van der Waals surface area contributed by atoms with Crippen LogP contribution in [0.5, 0.6) is 5.75 Å². The van der Waals surface area contributed by atoms with E-state index in [0.717, 1.165) is 5.69 Å². The zero-order chi connectivity index (χ0) is 28.1. The van der Waals surface area contributed by atoms with Crippen molar-refractivity contribution in [2.75, 3.05) is 0 Å². The van der Waals surface area contributed by atoms with Crippen molar-refractivity contribution in [2.24, 2.45) is 0 Å². The molecule has 0 fully saturated rings. The van der Waals surface area contributed by atoms with Crippen molar-refractivity contribution in [1.29, 1.82) is 5.26 Å². The molecule has 0 aliphatic heterocycles. The fraction of sp³-hybridized carbons (Fsp3) is 0.0323. The Hall–Kier alpha value is -4.71. The van der Waals surface area contributed by atoms with Crippen molar-refractivity contribution in [3.8, 4) is 28.8 Å². The molecule has 6 nitrogen and oxygen atoms in total. The SMILES string of the molecule is N#CC(=Cc1cn(-c2ccccc2)nc1-c1ccc(OCc2ccccc2F)cc1)S(=O)(=O)c1ccc(Cl)cc1. The molecule has 40 heavy (non-hydrogen) atoms. The van der Waals surface area contributed by atoms with Gasteiger partial charge in [-0.1, -0.05) is 48.0 Å². The molecule has 0 aliphatic rings. The summed E-state index contributed by atoms with van der Waals surface area (Å²) < 4.78 is 47.8. The van der Waals surface area contributed by atoms with Crippen molar-refractivity contribution in [3.63, 3.8) is 0 Å². The van der Waals surface area contributed by atoms with Gasteiger partial charge in [0.2, 0.25) is 9.84 Å². The monoisotopic (exact) mass is 569 g/mol. The summed E-state index contributed by atoms with van der Waals surface area (Å²) in [5, 5.41) is 14.9. The molecule has 0 radical (unpaired) electrons. The van der Waals surface area contributed by atoms with Crippen LogP contribution in [0.3, 0.4) is 0 Å². The average Bonchev–Trinajstić information content (AvgIpc) is 3.40. The third-order valence-electron chi connectivity index (χ3n) is 6.05. The molecule has 0 saturated carbocycles. The molecule has 0 unspecified atom stereocenters. The highest BCUT2D eigenvalue weighted by molar-refractivity contribution is 7.95. The Kier molecular flexibility index (Phi) is 7.78. The lowest BCUT2D eigenvalue weighted by Crippen LogP contribution is -2.03. The molecule has 0 saturated heterocycles. The number of para-hydroxylation sites is 1. The highest BCUT2D eigenvalue weighted by atomic mass is 35.5. The lowest BCUT2D eigenvalue weighted by atomic mass is 10.1. The summed E-state index contributed by atoms with van der Waals surface area (Å²) in [5.41, 5.74) is 2.75. The lowest BCUT2D eigenvalue weighted by Gasteiger charge is -2.08. The van der Waals surface area contributed by atoms with Crippen LogP contribution in [0.2, 0.25) is 5.02 Å². The van der Waals surface area contributed by atoms with Crippen LogP contribution in [0.4, 0.5) is 4.39 Å². The Labute approximate surface area is 236 Å². The van der Waals surface area contributed by atoms with Crippen molar-refractivity contribution >= 4 is 27.5 Å². The number of nitrogens with zero attached hydrogens (tertiary/aromatic N) is 3. The zero-order valence-electron chi connectivity index (χ0n) is 20.9. The van der Waals surface area contributed by atoms with Crippen LogP contribution in [0.25, 0.3) is 23.0 Å². The van der Waals surface area contributed by atoms with Crippen molar-refractivity contribution in [3.05, 3.63) is 136 Å². The van der Waals surface area contributed by atoms with Crippen molar-refractivity contribution in [2.45, 2.75) is 11.5 Å². The molecule has 0 amide bonds. The molecular formula is C31H21ClFN3O3S. The summed E-state index contributed by atoms with van der Waals surface area (Å²) in [6.07, 6.45) is 2.98. The molecule has 0 N–H and O–H groups in total. The molecule has 5 rings (SSSR count). The highest BCUT2D eigenvalue weighted by Gasteiger charge is 2.22.